The lowest BCUT2D eigenvalue weighted by molar-refractivity contribution is -0.298. The number of carboxylic acids is 1. The molecule has 4 N–H and O–H groups in total. The van der Waals surface area contributed by atoms with E-state index in [0.717, 1.165) is 77.0 Å². The van der Waals surface area contributed by atoms with Crippen molar-refractivity contribution in [1.82, 2.24) is 0 Å². The molecule has 11 heteroatoms. The molecular weight excluding hydrogens is 789 g/mol. The summed E-state index contributed by atoms with van der Waals surface area (Å²) in [6.07, 6.45) is 40.1. The van der Waals surface area contributed by atoms with Crippen LogP contribution in [0, 0.1) is 0 Å². The highest BCUT2D eigenvalue weighted by atomic mass is 16.7. The lowest BCUT2D eigenvalue weighted by Gasteiger charge is -2.38. The van der Waals surface area contributed by atoms with E-state index in [1.54, 1.807) is 0 Å². The van der Waals surface area contributed by atoms with Gasteiger partial charge in [-0.25, -0.2) is 4.79 Å². The zero-order valence-corrected chi connectivity index (χ0v) is 38.9. The summed E-state index contributed by atoms with van der Waals surface area (Å²) in [7, 11) is 0. The van der Waals surface area contributed by atoms with Gasteiger partial charge < -0.3 is 39.4 Å². The number of esters is 2. The van der Waals surface area contributed by atoms with Gasteiger partial charge in [-0.2, -0.15) is 0 Å². The number of carbonyl (C=O) groups is 3. The van der Waals surface area contributed by atoms with E-state index in [1.807, 2.05) is 0 Å². The molecule has 0 aromatic rings. The van der Waals surface area contributed by atoms with Gasteiger partial charge in [-0.05, 0) is 77.0 Å². The summed E-state index contributed by atoms with van der Waals surface area (Å²) >= 11 is 0. The minimum absolute atomic E-state index is 0.165. The van der Waals surface area contributed by atoms with Gasteiger partial charge in [-0.15, -0.1) is 0 Å². The third-order valence-electron chi connectivity index (χ3n) is 11.2. The Kier molecular flexibility index (Phi) is 37.7. The van der Waals surface area contributed by atoms with Crippen molar-refractivity contribution in [2.45, 2.75) is 243 Å². The monoisotopic (exact) mass is 877 g/mol. The SMILES string of the molecule is CCCCC/C=C\C/C=C\CCCCCCCC(=O)OC(COC(=O)CCCCCCCCCCC/C=C\C/C=C\CCCCCCC)COC1OC(C(=O)O)C(O)C(O)C1O. The molecule has 0 bridgehead atoms. The van der Waals surface area contributed by atoms with E-state index in [-0.39, 0.29) is 19.4 Å². The van der Waals surface area contributed by atoms with Crippen molar-refractivity contribution in [3.63, 3.8) is 0 Å². The van der Waals surface area contributed by atoms with Gasteiger partial charge >= 0.3 is 17.9 Å². The van der Waals surface area contributed by atoms with Crippen LogP contribution in [0.4, 0.5) is 0 Å². The van der Waals surface area contributed by atoms with Crippen LogP contribution >= 0.6 is 0 Å². The zero-order chi connectivity index (χ0) is 45.3. The van der Waals surface area contributed by atoms with Gasteiger partial charge in [0.2, 0.25) is 0 Å². The van der Waals surface area contributed by atoms with Gasteiger partial charge in [-0.1, -0.05) is 165 Å². The van der Waals surface area contributed by atoms with Gasteiger partial charge in [0.15, 0.2) is 18.5 Å². The molecule has 0 aromatic carbocycles. The van der Waals surface area contributed by atoms with E-state index in [0.29, 0.717) is 12.8 Å². The van der Waals surface area contributed by atoms with E-state index >= 15 is 0 Å². The van der Waals surface area contributed by atoms with Crippen molar-refractivity contribution < 1.29 is 53.8 Å². The molecule has 0 spiro atoms. The highest BCUT2D eigenvalue weighted by Gasteiger charge is 2.47. The molecule has 1 heterocycles. The van der Waals surface area contributed by atoms with Gasteiger partial charge in [0.1, 0.15) is 24.9 Å². The average molecular weight is 877 g/mol. The molecule has 0 amide bonds. The van der Waals surface area contributed by atoms with Crippen LogP contribution in [0.1, 0.15) is 206 Å². The number of aliphatic hydroxyl groups is 3. The Hall–Kier alpha value is -2.83. The zero-order valence-electron chi connectivity index (χ0n) is 38.9. The van der Waals surface area contributed by atoms with E-state index in [1.165, 1.54) is 89.9 Å². The summed E-state index contributed by atoms with van der Waals surface area (Å²) in [5, 5.41) is 39.9. The van der Waals surface area contributed by atoms with Crippen LogP contribution in [0.5, 0.6) is 0 Å². The number of ether oxygens (including phenoxy) is 4. The molecule has 6 atom stereocenters. The largest absolute Gasteiger partial charge is 0.479 e. The Morgan fingerprint density at radius 1 is 0.500 bits per heavy atom. The topological polar surface area (TPSA) is 169 Å². The molecule has 11 nitrogen and oxygen atoms in total. The second-order valence-electron chi connectivity index (χ2n) is 16.9. The minimum atomic E-state index is -1.87. The van der Waals surface area contributed by atoms with Crippen molar-refractivity contribution in [2.24, 2.45) is 0 Å². The number of carbonyl (C=O) groups excluding carboxylic acids is 2. The predicted molar refractivity (Wildman–Crippen MR) is 248 cm³/mol. The number of hydrogen-bond donors (Lipinski definition) is 4. The minimum Gasteiger partial charge on any atom is -0.479 e. The number of unbranched alkanes of at least 4 members (excludes halogenated alkanes) is 22. The van der Waals surface area contributed by atoms with Gasteiger partial charge in [0.05, 0.1) is 6.61 Å². The Morgan fingerprint density at radius 2 is 0.903 bits per heavy atom. The third-order valence-corrected chi connectivity index (χ3v) is 11.2. The van der Waals surface area contributed by atoms with E-state index < -0.39 is 61.3 Å². The van der Waals surface area contributed by atoms with Crippen molar-refractivity contribution in [3.8, 4) is 0 Å². The summed E-state index contributed by atoms with van der Waals surface area (Å²) in [5.74, 6) is -2.47. The van der Waals surface area contributed by atoms with Gasteiger partial charge in [0, 0.05) is 12.8 Å². The van der Waals surface area contributed by atoms with Crippen molar-refractivity contribution in [1.29, 1.82) is 0 Å². The lowest BCUT2D eigenvalue weighted by atomic mass is 9.99. The smallest absolute Gasteiger partial charge is 0.335 e. The van der Waals surface area contributed by atoms with Gasteiger partial charge in [0.25, 0.3) is 0 Å². The molecule has 1 rings (SSSR count). The van der Waals surface area contributed by atoms with Crippen LogP contribution in [0.15, 0.2) is 48.6 Å². The lowest BCUT2D eigenvalue weighted by Crippen LogP contribution is -2.60. The van der Waals surface area contributed by atoms with Crippen LogP contribution in [-0.4, -0.2) is 88.4 Å². The number of allylic oxidation sites excluding steroid dienone is 8. The number of aliphatic hydroxyl groups excluding tert-OH is 3. The molecule has 358 valence electrons. The number of aliphatic carboxylic acids is 1. The van der Waals surface area contributed by atoms with Crippen molar-refractivity contribution in [2.75, 3.05) is 13.2 Å². The summed E-state index contributed by atoms with van der Waals surface area (Å²) in [6, 6.07) is 0. The maximum atomic E-state index is 12.8. The normalized spacial score (nSPS) is 19.9. The maximum Gasteiger partial charge on any atom is 0.335 e. The molecule has 1 aliphatic rings. The molecule has 1 saturated heterocycles. The number of hydrogen-bond acceptors (Lipinski definition) is 10. The van der Waals surface area contributed by atoms with Crippen LogP contribution in [0.3, 0.4) is 0 Å². The first-order valence-electron chi connectivity index (χ1n) is 24.7. The van der Waals surface area contributed by atoms with E-state index in [4.69, 9.17) is 18.9 Å². The molecule has 0 aliphatic carbocycles. The average Bonchev–Trinajstić information content (AvgIpc) is 3.26. The second-order valence-corrected chi connectivity index (χ2v) is 16.9. The first kappa shape index (κ1) is 57.2. The molecular formula is C51H88O11. The Morgan fingerprint density at radius 3 is 1.37 bits per heavy atom. The number of carboxylic acid groups (broad SMARTS) is 1. The molecule has 0 aromatic heterocycles. The summed E-state index contributed by atoms with van der Waals surface area (Å²) in [4.78, 5) is 36.9. The standard InChI is InChI=1S/C51H88O11/c1-3-5-7-9-11-13-15-17-19-20-21-22-23-24-26-27-29-31-33-35-37-39-44(52)59-41-43(42-60-51-48(56)46(54)47(55)49(62-51)50(57)58)61-45(53)40-38-36-34-32-30-28-25-18-16-14-12-10-8-6-4-2/h12,14-15,17-18,20-21,25,43,46-49,51,54-56H,3-11,13,16,19,22-24,26-42H2,1-2H3,(H,57,58)/b14-12-,17-15-,21-20-,25-18-. The third kappa shape index (κ3) is 31.9. The number of rotatable bonds is 41. The maximum absolute atomic E-state index is 12.8. The fourth-order valence-corrected chi connectivity index (χ4v) is 7.23. The first-order chi connectivity index (χ1) is 30.2. The fourth-order valence-electron chi connectivity index (χ4n) is 7.23. The molecule has 1 fully saturated rings. The summed E-state index contributed by atoms with van der Waals surface area (Å²) in [5.41, 5.74) is 0. The second kappa shape index (κ2) is 40.9. The Balaban J connectivity index is 2.32. The van der Waals surface area contributed by atoms with E-state index in [2.05, 4.69) is 62.5 Å². The van der Waals surface area contributed by atoms with Crippen LogP contribution < -0.4 is 0 Å². The summed E-state index contributed by atoms with van der Waals surface area (Å²) in [6.45, 7) is 3.77. The summed E-state index contributed by atoms with van der Waals surface area (Å²) < 4.78 is 21.8. The van der Waals surface area contributed by atoms with E-state index in [9.17, 15) is 34.8 Å². The molecule has 62 heavy (non-hydrogen) atoms. The fraction of sp³-hybridized carbons (Fsp3) is 0.784. The molecule has 1 aliphatic heterocycles. The highest BCUT2D eigenvalue weighted by Crippen LogP contribution is 2.23. The van der Waals surface area contributed by atoms with Crippen molar-refractivity contribution in [3.05, 3.63) is 48.6 Å². The van der Waals surface area contributed by atoms with Crippen LogP contribution in [-0.2, 0) is 33.3 Å². The van der Waals surface area contributed by atoms with Gasteiger partial charge in [-0.3, -0.25) is 9.59 Å². The quantitative estimate of drug-likeness (QED) is 0.0262. The Bertz CT molecular complexity index is 1210. The first-order valence-corrected chi connectivity index (χ1v) is 24.7. The molecule has 0 saturated carbocycles. The predicted octanol–water partition coefficient (Wildman–Crippen LogP) is 11.3. The molecule has 0 radical (unpaired) electrons. The van der Waals surface area contributed by atoms with Crippen molar-refractivity contribution >= 4 is 17.9 Å². The van der Waals surface area contributed by atoms with Crippen LogP contribution in [0.2, 0.25) is 0 Å². The Labute approximate surface area is 375 Å². The van der Waals surface area contributed by atoms with Crippen LogP contribution in [0.25, 0.3) is 0 Å². The molecule has 6 unspecified atom stereocenters. The highest BCUT2D eigenvalue weighted by molar-refractivity contribution is 5.73.